The number of likely N-dealkylation sites (N-methyl/N-ethyl adjacent to an activating group) is 1. The molecule has 0 aromatic rings. The number of hydrogen-bond donors (Lipinski definition) is 2. The second-order valence-electron chi connectivity index (χ2n) is 3.61. The Morgan fingerprint density at radius 1 is 1.31 bits per heavy atom. The van der Waals surface area contributed by atoms with Gasteiger partial charge in [0, 0.05) is 5.54 Å². The van der Waals surface area contributed by atoms with Crippen molar-refractivity contribution in [2.45, 2.75) is 39.2 Å². The van der Waals surface area contributed by atoms with Crippen LogP contribution in [0, 0.1) is 0 Å². The molecule has 2 N–H and O–H groups in total. The van der Waals surface area contributed by atoms with Gasteiger partial charge in [0.2, 0.25) is 0 Å². The fraction of sp³-hybridized carbons (Fsp3) is 1.00. The quantitative estimate of drug-likeness (QED) is 0.593. The minimum absolute atomic E-state index is 0.0739. The Morgan fingerprint density at radius 3 is 2.46 bits per heavy atom. The molecule has 0 aliphatic heterocycles. The van der Waals surface area contributed by atoms with E-state index in [2.05, 4.69) is 26.1 Å². The highest BCUT2D eigenvalue weighted by atomic mass is 32.2. The van der Waals surface area contributed by atoms with Crippen LogP contribution in [-0.2, 0) is 0 Å². The molecular formula is C10H23NOS. The average Bonchev–Trinajstić information content (AvgIpc) is 2.13. The Balaban J connectivity index is 3.57. The summed E-state index contributed by atoms with van der Waals surface area (Å²) in [4.78, 5) is 0. The molecule has 0 saturated heterocycles. The van der Waals surface area contributed by atoms with Crippen molar-refractivity contribution >= 4 is 11.8 Å². The maximum atomic E-state index is 9.20. The molecule has 0 spiro atoms. The number of rotatable bonds is 8. The molecule has 1 unspecified atom stereocenters. The molecular weight excluding hydrogens is 182 g/mol. The van der Waals surface area contributed by atoms with E-state index in [4.69, 9.17) is 0 Å². The van der Waals surface area contributed by atoms with Gasteiger partial charge in [0.25, 0.3) is 0 Å². The summed E-state index contributed by atoms with van der Waals surface area (Å²) in [5.41, 5.74) is -0.0739. The van der Waals surface area contributed by atoms with Crippen LogP contribution in [-0.4, -0.2) is 35.3 Å². The van der Waals surface area contributed by atoms with E-state index in [0.29, 0.717) is 0 Å². The van der Waals surface area contributed by atoms with Gasteiger partial charge in [0.05, 0.1) is 6.61 Å². The van der Waals surface area contributed by atoms with Gasteiger partial charge in [0.15, 0.2) is 0 Å². The summed E-state index contributed by atoms with van der Waals surface area (Å²) in [6.07, 6.45) is 2.28. The number of nitrogens with one attached hydrogen (secondary N) is 1. The topological polar surface area (TPSA) is 32.3 Å². The normalized spacial score (nSPS) is 15.7. The zero-order valence-corrected chi connectivity index (χ0v) is 9.91. The van der Waals surface area contributed by atoms with Crippen LogP contribution in [0.25, 0.3) is 0 Å². The second-order valence-corrected chi connectivity index (χ2v) is 4.84. The molecule has 0 fully saturated rings. The van der Waals surface area contributed by atoms with E-state index in [0.717, 1.165) is 18.7 Å². The molecule has 1 atom stereocenters. The van der Waals surface area contributed by atoms with E-state index in [-0.39, 0.29) is 12.1 Å². The Labute approximate surface area is 86.5 Å². The van der Waals surface area contributed by atoms with Crippen LogP contribution in [0.3, 0.4) is 0 Å². The van der Waals surface area contributed by atoms with Crippen molar-refractivity contribution in [1.29, 1.82) is 0 Å². The molecule has 0 saturated carbocycles. The third-order valence-electron chi connectivity index (χ3n) is 2.10. The lowest BCUT2D eigenvalue weighted by atomic mass is 10.0. The Hall–Kier alpha value is 0.270. The SMILES string of the molecule is CCCSCCC(C)(CO)NCC. The van der Waals surface area contributed by atoms with Crippen LogP contribution in [0.15, 0.2) is 0 Å². The van der Waals surface area contributed by atoms with E-state index >= 15 is 0 Å². The molecule has 3 heteroatoms. The van der Waals surface area contributed by atoms with Crippen molar-refractivity contribution < 1.29 is 5.11 Å². The van der Waals surface area contributed by atoms with Gasteiger partial charge in [-0.1, -0.05) is 13.8 Å². The van der Waals surface area contributed by atoms with Crippen LogP contribution < -0.4 is 5.32 Å². The van der Waals surface area contributed by atoms with E-state index in [1.54, 1.807) is 0 Å². The van der Waals surface area contributed by atoms with Gasteiger partial charge in [0.1, 0.15) is 0 Å². The Morgan fingerprint density at radius 2 is 2.00 bits per heavy atom. The lowest BCUT2D eigenvalue weighted by Gasteiger charge is -2.28. The Kier molecular flexibility index (Phi) is 7.81. The third-order valence-corrected chi connectivity index (χ3v) is 3.29. The summed E-state index contributed by atoms with van der Waals surface area (Å²) in [6.45, 7) is 7.52. The maximum absolute atomic E-state index is 9.20. The van der Waals surface area contributed by atoms with Crippen LogP contribution >= 0.6 is 11.8 Å². The highest BCUT2D eigenvalue weighted by molar-refractivity contribution is 7.99. The minimum Gasteiger partial charge on any atom is -0.394 e. The second kappa shape index (κ2) is 7.65. The zero-order valence-electron chi connectivity index (χ0n) is 9.10. The molecule has 0 rings (SSSR count). The van der Waals surface area contributed by atoms with Gasteiger partial charge < -0.3 is 10.4 Å². The number of aliphatic hydroxyl groups is 1. The molecule has 0 aromatic carbocycles. The van der Waals surface area contributed by atoms with E-state index < -0.39 is 0 Å². The first kappa shape index (κ1) is 13.3. The van der Waals surface area contributed by atoms with Crippen LogP contribution in [0.1, 0.15) is 33.6 Å². The van der Waals surface area contributed by atoms with Crippen molar-refractivity contribution in [2.24, 2.45) is 0 Å². The fourth-order valence-electron chi connectivity index (χ4n) is 1.19. The Bertz CT molecular complexity index is 121. The van der Waals surface area contributed by atoms with E-state index in [1.807, 2.05) is 11.8 Å². The predicted octanol–water partition coefficient (Wildman–Crippen LogP) is 1.88. The summed E-state index contributed by atoms with van der Waals surface area (Å²) < 4.78 is 0. The summed E-state index contributed by atoms with van der Waals surface area (Å²) in [6, 6.07) is 0. The van der Waals surface area contributed by atoms with Gasteiger partial charge in [-0.2, -0.15) is 11.8 Å². The van der Waals surface area contributed by atoms with Crippen LogP contribution in [0.5, 0.6) is 0 Å². The molecule has 0 bridgehead atoms. The van der Waals surface area contributed by atoms with Gasteiger partial charge in [-0.15, -0.1) is 0 Å². The van der Waals surface area contributed by atoms with Crippen LogP contribution in [0.4, 0.5) is 0 Å². The van der Waals surface area contributed by atoms with Crippen LogP contribution in [0.2, 0.25) is 0 Å². The molecule has 0 amide bonds. The van der Waals surface area contributed by atoms with E-state index in [1.165, 1.54) is 12.2 Å². The van der Waals surface area contributed by atoms with Crippen molar-refractivity contribution in [3.05, 3.63) is 0 Å². The van der Waals surface area contributed by atoms with Crippen molar-refractivity contribution in [3.63, 3.8) is 0 Å². The van der Waals surface area contributed by atoms with Gasteiger partial charge >= 0.3 is 0 Å². The number of hydrogen-bond acceptors (Lipinski definition) is 3. The molecule has 80 valence electrons. The minimum atomic E-state index is -0.0739. The van der Waals surface area contributed by atoms with E-state index in [9.17, 15) is 5.11 Å². The summed E-state index contributed by atoms with van der Waals surface area (Å²) in [7, 11) is 0. The lowest BCUT2D eigenvalue weighted by Crippen LogP contribution is -2.46. The molecule has 0 radical (unpaired) electrons. The van der Waals surface area contributed by atoms with Gasteiger partial charge in [-0.3, -0.25) is 0 Å². The summed E-state index contributed by atoms with van der Waals surface area (Å²) in [5.74, 6) is 2.37. The number of aliphatic hydroxyl groups excluding tert-OH is 1. The zero-order chi connectivity index (χ0) is 10.2. The fourth-order valence-corrected chi connectivity index (χ4v) is 2.28. The standard InChI is InChI=1S/C10H23NOS/c1-4-7-13-8-6-10(3,9-12)11-5-2/h11-12H,4-9H2,1-3H3. The molecule has 0 heterocycles. The third kappa shape index (κ3) is 6.36. The maximum Gasteiger partial charge on any atom is 0.0610 e. The van der Waals surface area contributed by atoms with Crippen molar-refractivity contribution in [2.75, 3.05) is 24.7 Å². The molecule has 0 aliphatic rings. The first-order chi connectivity index (χ1) is 6.18. The summed E-state index contributed by atoms with van der Waals surface area (Å²) in [5, 5.41) is 12.5. The average molecular weight is 205 g/mol. The van der Waals surface area contributed by atoms with Gasteiger partial charge in [-0.25, -0.2) is 0 Å². The first-order valence-corrected chi connectivity index (χ1v) is 6.27. The molecule has 0 aliphatic carbocycles. The van der Waals surface area contributed by atoms with Crippen molar-refractivity contribution in [1.82, 2.24) is 5.32 Å². The predicted molar refractivity (Wildman–Crippen MR) is 61.4 cm³/mol. The first-order valence-electron chi connectivity index (χ1n) is 5.12. The highest BCUT2D eigenvalue weighted by Crippen LogP contribution is 2.14. The largest absolute Gasteiger partial charge is 0.394 e. The molecule has 13 heavy (non-hydrogen) atoms. The smallest absolute Gasteiger partial charge is 0.0610 e. The van der Waals surface area contributed by atoms with Crippen molar-refractivity contribution in [3.8, 4) is 0 Å². The molecule has 2 nitrogen and oxygen atoms in total. The number of thioether (sulfide) groups is 1. The molecule has 0 aromatic heterocycles. The van der Waals surface area contributed by atoms with Gasteiger partial charge in [-0.05, 0) is 37.8 Å². The summed E-state index contributed by atoms with van der Waals surface area (Å²) >= 11 is 1.97. The monoisotopic (exact) mass is 205 g/mol. The highest BCUT2D eigenvalue weighted by Gasteiger charge is 2.20. The lowest BCUT2D eigenvalue weighted by molar-refractivity contribution is 0.173.